The van der Waals surface area contributed by atoms with Crippen molar-refractivity contribution < 1.29 is 32.3 Å². The van der Waals surface area contributed by atoms with E-state index in [0.717, 1.165) is 0 Å². The third-order valence-corrected chi connectivity index (χ3v) is 6.53. The number of para-hydroxylation sites is 2. The molecule has 0 radical (unpaired) electrons. The summed E-state index contributed by atoms with van der Waals surface area (Å²) in [4.78, 5) is 36.9. The number of rotatable bonds is 10. The minimum atomic E-state index is -4.12. The quantitative estimate of drug-likeness (QED) is 0.520. The number of ether oxygens (including phenoxy) is 2. The van der Waals surface area contributed by atoms with Gasteiger partial charge < -0.3 is 20.1 Å². The topological polar surface area (TPSA) is 128 Å². The van der Waals surface area contributed by atoms with Gasteiger partial charge in [-0.3, -0.25) is 9.59 Å². The molecule has 0 aromatic heterocycles. The fraction of sp³-hybridized carbons (Fsp3) is 0.318. The summed E-state index contributed by atoms with van der Waals surface area (Å²) in [7, 11) is -2.70. The Labute approximate surface area is 187 Å². The number of carbonyl (C=O) groups excluding carboxylic acids is 3. The molecule has 2 N–H and O–H groups in total. The van der Waals surface area contributed by atoms with E-state index in [9.17, 15) is 22.8 Å². The molecule has 0 aliphatic heterocycles. The van der Waals surface area contributed by atoms with Gasteiger partial charge in [0.1, 0.15) is 16.8 Å². The first-order valence-electron chi connectivity index (χ1n) is 9.94. The number of carbonyl (C=O) groups is 3. The van der Waals surface area contributed by atoms with E-state index >= 15 is 0 Å². The summed E-state index contributed by atoms with van der Waals surface area (Å²) in [6.45, 7) is 3.40. The van der Waals surface area contributed by atoms with Crippen molar-refractivity contribution in [1.82, 2.24) is 0 Å². The van der Waals surface area contributed by atoms with Crippen LogP contribution in [0.15, 0.2) is 48.5 Å². The van der Waals surface area contributed by atoms with Crippen molar-refractivity contribution in [2.45, 2.75) is 25.5 Å². The lowest BCUT2D eigenvalue weighted by atomic mass is 10.2. The summed E-state index contributed by atoms with van der Waals surface area (Å²) in [5, 5.41) is 3.54. The highest BCUT2D eigenvalue weighted by Crippen LogP contribution is 2.23. The zero-order valence-electron chi connectivity index (χ0n) is 18.1. The predicted octanol–water partition coefficient (Wildman–Crippen LogP) is 2.64. The van der Waals surface area contributed by atoms with Gasteiger partial charge >= 0.3 is 5.97 Å². The summed E-state index contributed by atoms with van der Waals surface area (Å²) in [6.07, 6.45) is -0.0341. The monoisotopic (exact) mass is 462 g/mol. The molecule has 9 nitrogen and oxygen atoms in total. The number of nitrogens with one attached hydrogen (secondary N) is 2. The number of esters is 1. The standard InChI is InChI=1S/C22H26N2O7S/c1-4-19(21(26)23-16-10-8-9-15(13-16)22(27)31-5-2)32(28,29)14-20(25)24-17-11-6-7-12-18(17)30-3/h6-13,19H,4-5,14H2,1-3H3,(H,23,26)(H,24,25). The second kappa shape index (κ2) is 11.3. The summed E-state index contributed by atoms with van der Waals surface area (Å²) < 4.78 is 35.6. The molecule has 2 rings (SSSR count). The summed E-state index contributed by atoms with van der Waals surface area (Å²) in [6, 6.07) is 12.5. The molecule has 2 amide bonds. The number of sulfone groups is 1. The molecule has 10 heteroatoms. The summed E-state index contributed by atoms with van der Waals surface area (Å²) >= 11 is 0. The molecule has 0 fully saturated rings. The van der Waals surface area contributed by atoms with E-state index in [0.29, 0.717) is 11.4 Å². The van der Waals surface area contributed by atoms with Gasteiger partial charge in [-0.25, -0.2) is 13.2 Å². The molecule has 172 valence electrons. The minimum Gasteiger partial charge on any atom is -0.495 e. The van der Waals surface area contributed by atoms with Crippen molar-refractivity contribution in [1.29, 1.82) is 0 Å². The Morgan fingerprint density at radius 2 is 1.72 bits per heavy atom. The number of amides is 2. The normalized spacial score (nSPS) is 11.8. The third-order valence-electron chi connectivity index (χ3n) is 4.45. The lowest BCUT2D eigenvalue weighted by molar-refractivity contribution is -0.115. The Balaban J connectivity index is 2.11. The average Bonchev–Trinajstić information content (AvgIpc) is 2.74. The van der Waals surface area contributed by atoms with Crippen molar-refractivity contribution in [3.63, 3.8) is 0 Å². The maximum atomic E-state index is 12.8. The van der Waals surface area contributed by atoms with E-state index in [1.54, 1.807) is 31.2 Å². The molecule has 0 saturated carbocycles. The van der Waals surface area contributed by atoms with Gasteiger partial charge in [0.25, 0.3) is 0 Å². The van der Waals surface area contributed by atoms with Gasteiger partial charge in [-0.2, -0.15) is 0 Å². The van der Waals surface area contributed by atoms with Crippen LogP contribution in [-0.2, 0) is 24.2 Å². The van der Waals surface area contributed by atoms with Crippen molar-refractivity contribution in [2.24, 2.45) is 0 Å². The molecule has 2 aromatic rings. The average molecular weight is 463 g/mol. The Morgan fingerprint density at radius 3 is 2.38 bits per heavy atom. The predicted molar refractivity (Wildman–Crippen MR) is 121 cm³/mol. The third kappa shape index (κ3) is 6.55. The Kier molecular flexibility index (Phi) is 8.77. The lowest BCUT2D eigenvalue weighted by Gasteiger charge is -2.16. The van der Waals surface area contributed by atoms with Crippen LogP contribution in [0.1, 0.15) is 30.6 Å². The van der Waals surface area contributed by atoms with Crippen LogP contribution in [0, 0.1) is 0 Å². The zero-order chi connectivity index (χ0) is 23.7. The van der Waals surface area contributed by atoms with Crippen LogP contribution in [0.3, 0.4) is 0 Å². The van der Waals surface area contributed by atoms with Crippen molar-refractivity contribution in [3.8, 4) is 5.75 Å². The van der Waals surface area contributed by atoms with Gasteiger partial charge in [0.2, 0.25) is 11.8 Å². The van der Waals surface area contributed by atoms with Crippen LogP contribution in [0.4, 0.5) is 11.4 Å². The van der Waals surface area contributed by atoms with Crippen LogP contribution >= 0.6 is 0 Å². The molecule has 0 bridgehead atoms. The van der Waals surface area contributed by atoms with E-state index in [4.69, 9.17) is 9.47 Å². The van der Waals surface area contributed by atoms with E-state index < -0.39 is 38.6 Å². The summed E-state index contributed by atoms with van der Waals surface area (Å²) in [5.74, 6) is -2.63. The van der Waals surface area contributed by atoms with E-state index in [1.165, 1.54) is 38.3 Å². The first kappa shape index (κ1) is 24.9. The molecule has 2 aromatic carbocycles. The second-order valence-corrected chi connectivity index (χ2v) is 8.93. The molecular formula is C22H26N2O7S. The molecule has 1 unspecified atom stereocenters. The zero-order valence-corrected chi connectivity index (χ0v) is 18.9. The van der Waals surface area contributed by atoms with Crippen LogP contribution in [0.2, 0.25) is 0 Å². The number of benzene rings is 2. The highest BCUT2D eigenvalue weighted by Gasteiger charge is 2.33. The highest BCUT2D eigenvalue weighted by atomic mass is 32.2. The number of methoxy groups -OCH3 is 1. The van der Waals surface area contributed by atoms with E-state index in [2.05, 4.69) is 10.6 Å². The Morgan fingerprint density at radius 1 is 1.00 bits per heavy atom. The largest absolute Gasteiger partial charge is 0.495 e. The Bertz CT molecular complexity index is 1080. The molecule has 0 aliphatic rings. The number of hydrogen-bond donors (Lipinski definition) is 2. The van der Waals surface area contributed by atoms with Gasteiger partial charge in [0.05, 0.1) is 25.0 Å². The van der Waals surface area contributed by atoms with Gasteiger partial charge in [-0.1, -0.05) is 25.1 Å². The molecule has 32 heavy (non-hydrogen) atoms. The lowest BCUT2D eigenvalue weighted by Crippen LogP contribution is -2.39. The maximum absolute atomic E-state index is 12.8. The van der Waals surface area contributed by atoms with E-state index in [-0.39, 0.29) is 24.3 Å². The number of anilines is 2. The highest BCUT2D eigenvalue weighted by molar-refractivity contribution is 7.93. The van der Waals surface area contributed by atoms with Crippen molar-refractivity contribution >= 4 is 39.0 Å². The van der Waals surface area contributed by atoms with Crippen LogP contribution in [0.25, 0.3) is 0 Å². The van der Waals surface area contributed by atoms with Crippen molar-refractivity contribution in [3.05, 3.63) is 54.1 Å². The number of hydrogen-bond acceptors (Lipinski definition) is 7. The van der Waals surface area contributed by atoms with Gasteiger partial charge in [0.15, 0.2) is 9.84 Å². The van der Waals surface area contributed by atoms with E-state index in [1.807, 2.05) is 0 Å². The van der Waals surface area contributed by atoms with Gasteiger partial charge in [-0.15, -0.1) is 0 Å². The Hall–Kier alpha value is -3.40. The maximum Gasteiger partial charge on any atom is 0.338 e. The smallest absolute Gasteiger partial charge is 0.338 e. The summed E-state index contributed by atoms with van der Waals surface area (Å²) in [5.41, 5.74) is 0.785. The first-order chi connectivity index (χ1) is 15.2. The molecule has 0 saturated heterocycles. The first-order valence-corrected chi connectivity index (χ1v) is 11.7. The SMILES string of the molecule is CCOC(=O)c1cccc(NC(=O)C(CC)S(=O)(=O)CC(=O)Nc2ccccc2OC)c1. The minimum absolute atomic E-state index is 0.0341. The molecule has 0 aliphatic carbocycles. The fourth-order valence-corrected chi connectivity index (χ4v) is 4.51. The molecule has 0 heterocycles. The van der Waals surface area contributed by atoms with Gasteiger partial charge in [0, 0.05) is 5.69 Å². The molecular weight excluding hydrogens is 436 g/mol. The van der Waals surface area contributed by atoms with Crippen LogP contribution in [0.5, 0.6) is 5.75 Å². The fourth-order valence-electron chi connectivity index (χ4n) is 2.98. The molecule has 0 spiro atoms. The van der Waals surface area contributed by atoms with Gasteiger partial charge in [-0.05, 0) is 43.7 Å². The van der Waals surface area contributed by atoms with Crippen LogP contribution in [-0.4, -0.2) is 50.9 Å². The molecule has 1 atom stereocenters. The van der Waals surface area contributed by atoms with Crippen molar-refractivity contribution in [2.75, 3.05) is 30.1 Å². The second-order valence-electron chi connectivity index (χ2n) is 6.74. The van der Waals surface area contributed by atoms with Crippen LogP contribution < -0.4 is 15.4 Å².